The van der Waals surface area contributed by atoms with Crippen LogP contribution in [-0.4, -0.2) is 30.8 Å². The monoisotopic (exact) mass is 465 g/mol. The predicted molar refractivity (Wildman–Crippen MR) is 117 cm³/mol. The van der Waals surface area contributed by atoms with Gasteiger partial charge in [-0.25, -0.2) is 9.67 Å². The predicted octanol–water partition coefficient (Wildman–Crippen LogP) is 4.78. The van der Waals surface area contributed by atoms with Crippen LogP contribution in [0, 0.1) is 30.9 Å². The molecule has 164 valence electrons. The molecule has 0 unspecified atom stereocenters. The molecule has 0 atom stereocenters. The van der Waals surface area contributed by atoms with E-state index in [0.29, 0.717) is 28.9 Å². The van der Waals surface area contributed by atoms with Crippen LogP contribution in [0.25, 0.3) is 0 Å². The molecule has 0 radical (unpaired) electrons. The number of halogens is 2. The standard InChI is InChI=1S/C20H20Cl2N4O.HNO3/c1-13-6-14(2)18(15(3)7-13)10-27-25-20(9-26-12-23-11-24-26)17-5-4-16(21)8-19(17)22;2-1(3)4/h4-8,11-12H,9-10H2,1-3H3;(H,2,3,4). The number of aromatic nitrogens is 3. The van der Waals surface area contributed by atoms with Gasteiger partial charge in [0, 0.05) is 10.6 Å². The molecule has 0 fully saturated rings. The molecule has 1 N–H and O–H groups in total. The Morgan fingerprint density at radius 1 is 1.23 bits per heavy atom. The smallest absolute Gasteiger partial charge is 0.291 e. The number of hydrogen-bond donors (Lipinski definition) is 1. The van der Waals surface area contributed by atoms with Gasteiger partial charge >= 0.3 is 0 Å². The van der Waals surface area contributed by atoms with Crippen molar-refractivity contribution in [2.24, 2.45) is 5.16 Å². The Bertz CT molecular complexity index is 1040. The van der Waals surface area contributed by atoms with E-state index in [4.69, 9.17) is 43.4 Å². The lowest BCUT2D eigenvalue weighted by atomic mass is 10.0. The number of hydrogen-bond acceptors (Lipinski definition) is 6. The lowest BCUT2D eigenvalue weighted by Crippen LogP contribution is -2.13. The van der Waals surface area contributed by atoms with Crippen molar-refractivity contribution in [3.63, 3.8) is 0 Å². The minimum atomic E-state index is -1.50. The maximum Gasteiger partial charge on any atom is 0.291 e. The van der Waals surface area contributed by atoms with Crippen LogP contribution in [0.2, 0.25) is 10.0 Å². The molecule has 0 aliphatic heterocycles. The van der Waals surface area contributed by atoms with Crippen molar-refractivity contribution in [2.75, 3.05) is 0 Å². The average molecular weight is 466 g/mol. The van der Waals surface area contributed by atoms with Crippen LogP contribution in [0.4, 0.5) is 0 Å². The zero-order valence-electron chi connectivity index (χ0n) is 17.1. The third-order valence-corrected chi connectivity index (χ3v) is 4.79. The molecule has 0 amide bonds. The third-order valence-electron chi connectivity index (χ3n) is 4.24. The Labute approximate surface area is 189 Å². The molecule has 2 aromatic carbocycles. The molecule has 11 heteroatoms. The topological polar surface area (TPSA) is 116 Å². The van der Waals surface area contributed by atoms with Crippen molar-refractivity contribution in [1.82, 2.24) is 14.8 Å². The van der Waals surface area contributed by atoms with Crippen LogP contribution < -0.4 is 0 Å². The van der Waals surface area contributed by atoms with Crippen LogP contribution in [0.15, 0.2) is 48.1 Å². The van der Waals surface area contributed by atoms with Crippen LogP contribution in [0.5, 0.6) is 0 Å². The second-order valence-electron chi connectivity index (χ2n) is 6.64. The summed E-state index contributed by atoms with van der Waals surface area (Å²) in [5.41, 5.74) is 6.12. The second kappa shape index (κ2) is 11.3. The largest absolute Gasteiger partial charge is 0.391 e. The molecule has 3 rings (SSSR count). The second-order valence-corrected chi connectivity index (χ2v) is 7.49. The van der Waals surface area contributed by atoms with E-state index < -0.39 is 5.09 Å². The third kappa shape index (κ3) is 7.54. The van der Waals surface area contributed by atoms with Crippen molar-refractivity contribution in [3.8, 4) is 0 Å². The van der Waals surface area contributed by atoms with E-state index in [1.54, 1.807) is 23.1 Å². The molecule has 1 aromatic heterocycles. The van der Waals surface area contributed by atoms with E-state index in [0.717, 1.165) is 11.1 Å². The fourth-order valence-electron chi connectivity index (χ4n) is 2.97. The molecule has 1 heterocycles. The number of benzene rings is 2. The molecule has 0 saturated heterocycles. The molecule has 3 aromatic rings. The lowest BCUT2D eigenvalue weighted by molar-refractivity contribution is -0.742. The number of oxime groups is 1. The van der Waals surface area contributed by atoms with Crippen LogP contribution >= 0.6 is 23.2 Å². The highest BCUT2D eigenvalue weighted by atomic mass is 35.5. The Balaban J connectivity index is 0.000000785. The Morgan fingerprint density at radius 3 is 2.42 bits per heavy atom. The molecular formula is C20H21Cl2N5O4. The molecule has 0 bridgehead atoms. The highest BCUT2D eigenvalue weighted by Crippen LogP contribution is 2.23. The van der Waals surface area contributed by atoms with Gasteiger partial charge in [0.2, 0.25) is 0 Å². The van der Waals surface area contributed by atoms with Crippen LogP contribution in [0.1, 0.15) is 27.8 Å². The molecule has 0 spiro atoms. The van der Waals surface area contributed by atoms with Crippen LogP contribution in [0.3, 0.4) is 0 Å². The Hall–Kier alpha value is -3.17. The first-order valence-electron chi connectivity index (χ1n) is 9.04. The minimum Gasteiger partial charge on any atom is -0.391 e. The van der Waals surface area contributed by atoms with Gasteiger partial charge in [0.1, 0.15) is 25.0 Å². The van der Waals surface area contributed by atoms with Crippen molar-refractivity contribution >= 4 is 28.9 Å². The van der Waals surface area contributed by atoms with E-state index in [1.807, 2.05) is 6.07 Å². The SMILES string of the molecule is Cc1cc(C)c(CON=C(Cn2cncn2)c2ccc(Cl)cc2Cl)c(C)c1.O=[N+]([O-])O. The summed E-state index contributed by atoms with van der Waals surface area (Å²) in [6, 6.07) is 9.56. The fourth-order valence-corrected chi connectivity index (χ4v) is 3.48. The van der Waals surface area contributed by atoms with Crippen molar-refractivity contribution in [3.05, 3.63) is 91.0 Å². The molecule has 31 heavy (non-hydrogen) atoms. The van der Waals surface area contributed by atoms with Gasteiger partial charge in [0.25, 0.3) is 5.09 Å². The number of rotatable bonds is 6. The highest BCUT2D eigenvalue weighted by molar-refractivity contribution is 6.37. The zero-order valence-corrected chi connectivity index (χ0v) is 18.6. The summed E-state index contributed by atoms with van der Waals surface area (Å²) >= 11 is 12.4. The summed E-state index contributed by atoms with van der Waals surface area (Å²) in [5, 5.41) is 23.2. The first-order valence-corrected chi connectivity index (χ1v) is 9.79. The maximum atomic E-state index is 8.36. The van der Waals surface area contributed by atoms with E-state index in [2.05, 4.69) is 48.1 Å². The Kier molecular flexibility index (Phi) is 8.77. The van der Waals surface area contributed by atoms with Gasteiger partial charge in [-0.3, -0.25) is 0 Å². The minimum absolute atomic E-state index is 0.379. The van der Waals surface area contributed by atoms with Crippen molar-refractivity contribution in [2.45, 2.75) is 33.9 Å². The summed E-state index contributed by atoms with van der Waals surface area (Å²) in [7, 11) is 0. The normalized spacial score (nSPS) is 10.9. The summed E-state index contributed by atoms with van der Waals surface area (Å²) in [5.74, 6) is 0. The molecule has 9 nitrogen and oxygen atoms in total. The lowest BCUT2D eigenvalue weighted by Gasteiger charge is -2.12. The van der Waals surface area contributed by atoms with Gasteiger partial charge in [-0.2, -0.15) is 5.10 Å². The van der Waals surface area contributed by atoms with Crippen LogP contribution in [-0.2, 0) is 18.0 Å². The maximum absolute atomic E-state index is 8.36. The first-order chi connectivity index (χ1) is 14.7. The summed E-state index contributed by atoms with van der Waals surface area (Å²) < 4.78 is 1.66. The van der Waals surface area contributed by atoms with Gasteiger partial charge in [0.05, 0.1) is 11.6 Å². The van der Waals surface area contributed by atoms with Gasteiger partial charge in [-0.1, -0.05) is 46.1 Å². The van der Waals surface area contributed by atoms with Crippen molar-refractivity contribution < 1.29 is 15.1 Å². The highest BCUT2D eigenvalue weighted by Gasteiger charge is 2.12. The Morgan fingerprint density at radius 2 is 1.87 bits per heavy atom. The zero-order chi connectivity index (χ0) is 23.0. The fraction of sp³-hybridized carbons (Fsp3) is 0.250. The van der Waals surface area contributed by atoms with Gasteiger partial charge in [-0.15, -0.1) is 10.1 Å². The molecule has 0 aliphatic carbocycles. The number of aryl methyl sites for hydroxylation is 3. The summed E-state index contributed by atoms with van der Waals surface area (Å²) in [6.45, 7) is 7.00. The molecular weight excluding hydrogens is 445 g/mol. The van der Waals surface area contributed by atoms with Gasteiger partial charge < -0.3 is 10.0 Å². The first kappa shape index (κ1) is 24.1. The number of nitrogens with zero attached hydrogens (tertiary/aromatic N) is 5. The average Bonchev–Trinajstić information content (AvgIpc) is 3.16. The van der Waals surface area contributed by atoms with Crippen molar-refractivity contribution in [1.29, 1.82) is 0 Å². The van der Waals surface area contributed by atoms with E-state index in [9.17, 15) is 0 Å². The molecule has 0 saturated carbocycles. The quantitative estimate of drug-likeness (QED) is 0.318. The summed E-state index contributed by atoms with van der Waals surface area (Å²) in [6.07, 6.45) is 3.09. The van der Waals surface area contributed by atoms with E-state index in [-0.39, 0.29) is 0 Å². The van der Waals surface area contributed by atoms with E-state index >= 15 is 0 Å². The summed E-state index contributed by atoms with van der Waals surface area (Å²) in [4.78, 5) is 18.0. The van der Waals surface area contributed by atoms with E-state index in [1.165, 1.54) is 23.0 Å². The van der Waals surface area contributed by atoms with Gasteiger partial charge in [-0.05, 0) is 55.7 Å². The molecule has 0 aliphatic rings. The van der Waals surface area contributed by atoms with Gasteiger partial charge in [0.15, 0.2) is 0 Å².